The minimum atomic E-state index is -1.16. The lowest BCUT2D eigenvalue weighted by molar-refractivity contribution is 0.0290. The summed E-state index contributed by atoms with van der Waals surface area (Å²) in [6.45, 7) is 0.708. The normalized spacial score (nSPS) is 29.8. The van der Waals surface area contributed by atoms with Crippen LogP contribution in [0.25, 0.3) is 0 Å². The molecule has 0 unspecified atom stereocenters. The highest BCUT2D eigenvalue weighted by atomic mass is 16.7. The average molecular weight is 173 g/mol. The first-order valence-electron chi connectivity index (χ1n) is 4.32. The van der Waals surface area contributed by atoms with E-state index in [1.165, 1.54) is 0 Å². The van der Waals surface area contributed by atoms with E-state index < -0.39 is 6.16 Å². The lowest BCUT2D eigenvalue weighted by atomic mass is 9.87. The Morgan fingerprint density at radius 2 is 2.00 bits per heavy atom. The summed E-state index contributed by atoms with van der Waals surface area (Å²) in [5, 5.41) is 8.34. The lowest BCUT2D eigenvalue weighted by Crippen LogP contribution is -2.27. The number of hydrogen-bond acceptors (Lipinski definition) is 3. The third kappa shape index (κ3) is 2.70. The summed E-state index contributed by atoms with van der Waals surface area (Å²) in [7, 11) is 0. The van der Waals surface area contributed by atoms with Gasteiger partial charge in [0.05, 0.1) is 0 Å². The number of carboxylic acid groups (broad SMARTS) is 1. The number of ether oxygens (including phenoxy) is 1. The van der Waals surface area contributed by atoms with Crippen molar-refractivity contribution in [3.05, 3.63) is 0 Å². The number of carbonyl (C=O) groups is 1. The van der Waals surface area contributed by atoms with E-state index in [1.54, 1.807) is 0 Å². The first kappa shape index (κ1) is 9.32. The third-order valence-corrected chi connectivity index (χ3v) is 2.39. The molecule has 0 saturated heterocycles. The van der Waals surface area contributed by atoms with Crippen LogP contribution in [0.2, 0.25) is 0 Å². The van der Waals surface area contributed by atoms with Gasteiger partial charge in [-0.15, -0.1) is 0 Å². The maximum Gasteiger partial charge on any atom is 0.506 e. The molecular formula is C8H15NO3. The molecule has 1 rings (SSSR count). The zero-order chi connectivity index (χ0) is 8.97. The predicted molar refractivity (Wildman–Crippen MR) is 43.9 cm³/mol. The van der Waals surface area contributed by atoms with Gasteiger partial charge in [0.25, 0.3) is 0 Å². The largest absolute Gasteiger partial charge is 0.506 e. The summed E-state index contributed by atoms with van der Waals surface area (Å²) >= 11 is 0. The summed E-state index contributed by atoms with van der Waals surface area (Å²) in [5.41, 5.74) is 5.49. The average Bonchev–Trinajstić information content (AvgIpc) is 2.05. The molecule has 0 aliphatic heterocycles. The summed E-state index contributed by atoms with van der Waals surface area (Å²) in [5.74, 6) is 0.568. The van der Waals surface area contributed by atoms with Gasteiger partial charge in [-0.05, 0) is 38.1 Å². The monoisotopic (exact) mass is 173 g/mol. The van der Waals surface area contributed by atoms with Gasteiger partial charge in [0.2, 0.25) is 0 Å². The van der Waals surface area contributed by atoms with Gasteiger partial charge in [-0.1, -0.05) is 0 Å². The van der Waals surface area contributed by atoms with Crippen LogP contribution in [0.3, 0.4) is 0 Å². The lowest BCUT2D eigenvalue weighted by Gasteiger charge is -2.26. The smallest absolute Gasteiger partial charge is 0.450 e. The van der Waals surface area contributed by atoms with E-state index in [-0.39, 0.29) is 6.10 Å². The van der Waals surface area contributed by atoms with Gasteiger partial charge < -0.3 is 15.6 Å². The zero-order valence-electron chi connectivity index (χ0n) is 7.03. The Morgan fingerprint density at radius 1 is 1.42 bits per heavy atom. The molecule has 0 aromatic carbocycles. The predicted octanol–water partition coefficient (Wildman–Crippen LogP) is 1.20. The van der Waals surface area contributed by atoms with Crippen LogP contribution in [0.5, 0.6) is 0 Å². The molecule has 0 spiro atoms. The van der Waals surface area contributed by atoms with Crippen molar-refractivity contribution in [2.24, 2.45) is 11.7 Å². The van der Waals surface area contributed by atoms with E-state index in [2.05, 4.69) is 4.74 Å². The summed E-state index contributed by atoms with van der Waals surface area (Å²) in [4.78, 5) is 10.2. The summed E-state index contributed by atoms with van der Waals surface area (Å²) in [6, 6.07) is 0. The van der Waals surface area contributed by atoms with Crippen LogP contribution in [0.15, 0.2) is 0 Å². The maximum absolute atomic E-state index is 10.2. The van der Waals surface area contributed by atoms with E-state index in [1.807, 2.05) is 0 Å². The van der Waals surface area contributed by atoms with Gasteiger partial charge in [0.1, 0.15) is 6.10 Å². The molecule has 0 atom stereocenters. The van der Waals surface area contributed by atoms with Crippen LogP contribution in [-0.4, -0.2) is 23.9 Å². The van der Waals surface area contributed by atoms with E-state index in [0.717, 1.165) is 25.7 Å². The molecular weight excluding hydrogens is 158 g/mol. The standard InChI is InChI=1S/C8H15NO3/c9-5-6-1-3-7(4-2-6)12-8(10)11/h6-7H,1-5,9H2,(H,10,11)/t6-,7+. The quantitative estimate of drug-likeness (QED) is 0.615. The molecule has 12 heavy (non-hydrogen) atoms. The highest BCUT2D eigenvalue weighted by Crippen LogP contribution is 2.25. The van der Waals surface area contributed by atoms with Crippen molar-refractivity contribution in [1.82, 2.24) is 0 Å². The molecule has 0 heterocycles. The highest BCUT2D eigenvalue weighted by Gasteiger charge is 2.22. The van der Waals surface area contributed by atoms with Crippen molar-refractivity contribution < 1.29 is 14.6 Å². The number of rotatable bonds is 2. The molecule has 4 nitrogen and oxygen atoms in total. The van der Waals surface area contributed by atoms with Crippen LogP contribution in [0.4, 0.5) is 4.79 Å². The van der Waals surface area contributed by atoms with Gasteiger partial charge in [0.15, 0.2) is 0 Å². The van der Waals surface area contributed by atoms with Crippen LogP contribution in [0, 0.1) is 5.92 Å². The molecule has 1 saturated carbocycles. The molecule has 0 bridgehead atoms. The number of hydrogen-bond donors (Lipinski definition) is 2. The third-order valence-electron chi connectivity index (χ3n) is 2.39. The second kappa shape index (κ2) is 4.30. The van der Waals surface area contributed by atoms with Gasteiger partial charge >= 0.3 is 6.16 Å². The second-order valence-corrected chi connectivity index (χ2v) is 3.26. The molecule has 0 aromatic heterocycles. The fraction of sp³-hybridized carbons (Fsp3) is 0.875. The number of nitrogens with two attached hydrogens (primary N) is 1. The molecule has 0 amide bonds. The van der Waals surface area contributed by atoms with E-state index in [4.69, 9.17) is 10.8 Å². The van der Waals surface area contributed by atoms with Crippen molar-refractivity contribution in [3.63, 3.8) is 0 Å². The first-order chi connectivity index (χ1) is 5.72. The fourth-order valence-corrected chi connectivity index (χ4v) is 1.63. The molecule has 4 heteroatoms. The molecule has 0 aromatic rings. The Balaban J connectivity index is 2.21. The molecule has 1 aliphatic carbocycles. The minimum Gasteiger partial charge on any atom is -0.450 e. The van der Waals surface area contributed by atoms with Crippen LogP contribution in [0.1, 0.15) is 25.7 Å². The van der Waals surface area contributed by atoms with Crippen LogP contribution < -0.4 is 5.73 Å². The van der Waals surface area contributed by atoms with Crippen LogP contribution in [-0.2, 0) is 4.74 Å². The Bertz CT molecular complexity index is 152. The summed E-state index contributed by atoms with van der Waals surface area (Å²) < 4.78 is 4.66. The fourth-order valence-electron chi connectivity index (χ4n) is 1.63. The van der Waals surface area contributed by atoms with Crippen molar-refractivity contribution >= 4 is 6.16 Å². The zero-order valence-corrected chi connectivity index (χ0v) is 7.03. The summed E-state index contributed by atoms with van der Waals surface area (Å²) in [6.07, 6.45) is 2.39. The molecule has 1 aliphatic rings. The topological polar surface area (TPSA) is 72.5 Å². The molecule has 3 N–H and O–H groups in total. The van der Waals surface area contributed by atoms with Gasteiger partial charge in [-0.3, -0.25) is 0 Å². The Kier molecular flexibility index (Phi) is 3.34. The van der Waals surface area contributed by atoms with Crippen molar-refractivity contribution in [2.75, 3.05) is 6.54 Å². The van der Waals surface area contributed by atoms with Crippen LogP contribution >= 0.6 is 0 Å². The maximum atomic E-state index is 10.2. The SMILES string of the molecule is NC[C@H]1CC[C@@H](OC(=O)O)CC1. The highest BCUT2D eigenvalue weighted by molar-refractivity contribution is 5.57. The van der Waals surface area contributed by atoms with Gasteiger partial charge in [0, 0.05) is 0 Å². The molecule has 0 radical (unpaired) electrons. The van der Waals surface area contributed by atoms with Crippen molar-refractivity contribution in [1.29, 1.82) is 0 Å². The Hall–Kier alpha value is -0.770. The first-order valence-corrected chi connectivity index (χ1v) is 4.32. The molecule has 70 valence electrons. The van der Waals surface area contributed by atoms with Gasteiger partial charge in [-0.25, -0.2) is 4.79 Å². The van der Waals surface area contributed by atoms with E-state index in [9.17, 15) is 4.79 Å². The Morgan fingerprint density at radius 3 is 2.42 bits per heavy atom. The Labute approximate surface area is 71.7 Å². The molecule has 1 fully saturated rings. The minimum absolute atomic E-state index is 0.0923. The van der Waals surface area contributed by atoms with E-state index >= 15 is 0 Å². The van der Waals surface area contributed by atoms with E-state index in [0.29, 0.717) is 12.5 Å². The second-order valence-electron chi connectivity index (χ2n) is 3.26. The van der Waals surface area contributed by atoms with Gasteiger partial charge in [-0.2, -0.15) is 0 Å². The van der Waals surface area contributed by atoms with Crippen molar-refractivity contribution in [2.45, 2.75) is 31.8 Å². The van der Waals surface area contributed by atoms with Crippen molar-refractivity contribution in [3.8, 4) is 0 Å².